The summed E-state index contributed by atoms with van der Waals surface area (Å²) >= 11 is 1.37. The van der Waals surface area contributed by atoms with Gasteiger partial charge in [-0.1, -0.05) is 29.5 Å². The van der Waals surface area contributed by atoms with E-state index in [9.17, 15) is 4.79 Å². The minimum Gasteiger partial charge on any atom is -0.497 e. The van der Waals surface area contributed by atoms with Crippen LogP contribution in [0, 0.1) is 0 Å². The van der Waals surface area contributed by atoms with E-state index in [1.54, 1.807) is 37.6 Å². The second-order valence-electron chi connectivity index (χ2n) is 4.59. The van der Waals surface area contributed by atoms with Crippen molar-refractivity contribution in [2.24, 2.45) is 0 Å². The van der Waals surface area contributed by atoms with Crippen LogP contribution in [0.3, 0.4) is 0 Å². The number of hydrogen-bond acceptors (Lipinski definition) is 5. The van der Waals surface area contributed by atoms with Gasteiger partial charge in [0.05, 0.1) is 12.0 Å². The van der Waals surface area contributed by atoms with Gasteiger partial charge in [-0.2, -0.15) is 0 Å². The zero-order valence-corrected chi connectivity index (χ0v) is 13.2. The Morgan fingerprint density at radius 2 is 1.78 bits per heavy atom. The van der Waals surface area contributed by atoms with Crippen molar-refractivity contribution in [3.63, 3.8) is 0 Å². The Labute approximate surface area is 137 Å². The number of para-hydroxylation sites is 1. The third-order valence-corrected chi connectivity index (χ3v) is 4.00. The second kappa shape index (κ2) is 6.93. The fraction of sp³-hybridized carbons (Fsp3) is 0.0588. The molecule has 0 fully saturated rings. The average Bonchev–Trinajstić information content (AvgIpc) is 3.04. The van der Waals surface area contributed by atoms with Gasteiger partial charge in [-0.25, -0.2) is 9.78 Å². The highest BCUT2D eigenvalue weighted by Gasteiger charge is 2.09. The van der Waals surface area contributed by atoms with Crippen LogP contribution in [0.25, 0.3) is 10.4 Å². The highest BCUT2D eigenvalue weighted by Crippen LogP contribution is 2.30. The molecule has 3 aromatic rings. The Bertz CT molecular complexity index is 785. The minimum absolute atomic E-state index is 0.483. The number of anilines is 1. The van der Waals surface area contributed by atoms with Crippen LogP contribution in [0.2, 0.25) is 0 Å². The molecule has 116 valence electrons. The lowest BCUT2D eigenvalue weighted by Gasteiger charge is -2.03. The topological polar surface area (TPSA) is 60.5 Å². The number of methoxy groups -OCH3 is 1. The first-order valence-electron chi connectivity index (χ1n) is 6.89. The van der Waals surface area contributed by atoms with E-state index in [4.69, 9.17) is 9.47 Å². The van der Waals surface area contributed by atoms with Gasteiger partial charge in [0.1, 0.15) is 11.5 Å². The maximum atomic E-state index is 11.8. The van der Waals surface area contributed by atoms with E-state index in [1.807, 2.05) is 30.3 Å². The summed E-state index contributed by atoms with van der Waals surface area (Å²) in [5.74, 6) is 1.28. The molecule has 5 nitrogen and oxygen atoms in total. The molecular weight excluding hydrogens is 312 g/mol. The lowest BCUT2D eigenvalue weighted by molar-refractivity contribution is 0.215. The number of benzene rings is 2. The van der Waals surface area contributed by atoms with Crippen LogP contribution in [-0.4, -0.2) is 18.2 Å². The molecule has 0 aliphatic heterocycles. The van der Waals surface area contributed by atoms with E-state index >= 15 is 0 Å². The number of carbonyl (C=O) groups is 1. The van der Waals surface area contributed by atoms with Crippen LogP contribution in [0.5, 0.6) is 11.5 Å². The molecule has 1 heterocycles. The monoisotopic (exact) mass is 326 g/mol. The zero-order valence-electron chi connectivity index (χ0n) is 12.4. The number of hydrogen-bond donors (Lipinski definition) is 1. The first kappa shape index (κ1) is 15.1. The number of aromatic nitrogens is 1. The van der Waals surface area contributed by atoms with Crippen LogP contribution < -0.4 is 14.8 Å². The predicted molar refractivity (Wildman–Crippen MR) is 90.2 cm³/mol. The Hall–Kier alpha value is -2.86. The predicted octanol–water partition coefficient (Wildman–Crippen LogP) is 4.43. The van der Waals surface area contributed by atoms with E-state index in [0.29, 0.717) is 10.9 Å². The minimum atomic E-state index is -0.563. The van der Waals surface area contributed by atoms with Gasteiger partial charge in [-0.05, 0) is 42.0 Å². The molecule has 0 saturated carbocycles. The Kier molecular flexibility index (Phi) is 4.54. The molecule has 0 radical (unpaired) electrons. The van der Waals surface area contributed by atoms with Gasteiger partial charge >= 0.3 is 6.09 Å². The summed E-state index contributed by atoms with van der Waals surface area (Å²) in [6.07, 6.45) is 1.15. The molecule has 3 rings (SSSR count). The van der Waals surface area contributed by atoms with E-state index in [-0.39, 0.29) is 0 Å². The Balaban J connectivity index is 1.65. The van der Waals surface area contributed by atoms with Gasteiger partial charge in [-0.15, -0.1) is 0 Å². The van der Waals surface area contributed by atoms with Gasteiger partial charge in [0, 0.05) is 6.20 Å². The number of ether oxygens (including phenoxy) is 2. The molecule has 6 heteroatoms. The standard InChI is InChI=1S/C17H14N2O3S/c1-21-13-9-7-12(8-10-13)15-11-18-16(23-15)19-17(20)22-14-5-3-2-4-6-14/h2-11H,1H3,(H,18,19,20). The molecule has 0 aliphatic rings. The van der Waals surface area contributed by atoms with Crippen LogP contribution >= 0.6 is 11.3 Å². The first-order valence-corrected chi connectivity index (χ1v) is 7.70. The number of rotatable bonds is 4. The zero-order chi connectivity index (χ0) is 16.1. The second-order valence-corrected chi connectivity index (χ2v) is 5.62. The van der Waals surface area contributed by atoms with Gasteiger partial charge < -0.3 is 9.47 Å². The van der Waals surface area contributed by atoms with Crippen molar-refractivity contribution in [1.29, 1.82) is 0 Å². The number of nitrogens with zero attached hydrogens (tertiary/aromatic N) is 1. The molecular formula is C17H14N2O3S. The third-order valence-electron chi connectivity index (χ3n) is 3.04. The van der Waals surface area contributed by atoms with Crippen molar-refractivity contribution in [3.8, 4) is 21.9 Å². The highest BCUT2D eigenvalue weighted by molar-refractivity contribution is 7.19. The number of thiazole rings is 1. The molecule has 1 N–H and O–H groups in total. The van der Waals surface area contributed by atoms with Crippen molar-refractivity contribution in [3.05, 3.63) is 60.8 Å². The summed E-state index contributed by atoms with van der Waals surface area (Å²) < 4.78 is 10.3. The van der Waals surface area contributed by atoms with E-state index < -0.39 is 6.09 Å². The summed E-state index contributed by atoms with van der Waals surface area (Å²) in [6, 6.07) is 16.5. The lowest BCUT2D eigenvalue weighted by atomic mass is 10.2. The molecule has 0 spiro atoms. The molecule has 0 aliphatic carbocycles. The highest BCUT2D eigenvalue weighted by atomic mass is 32.1. The first-order chi connectivity index (χ1) is 11.2. The van der Waals surface area contributed by atoms with Crippen LogP contribution in [0.1, 0.15) is 0 Å². The Morgan fingerprint density at radius 1 is 1.04 bits per heavy atom. The van der Waals surface area contributed by atoms with Gasteiger partial charge in [0.15, 0.2) is 5.13 Å². The summed E-state index contributed by atoms with van der Waals surface area (Å²) in [5, 5.41) is 3.11. The molecule has 0 saturated heterocycles. The smallest absolute Gasteiger partial charge is 0.418 e. The van der Waals surface area contributed by atoms with Crippen molar-refractivity contribution in [2.75, 3.05) is 12.4 Å². The molecule has 1 amide bonds. The molecule has 0 unspecified atom stereocenters. The fourth-order valence-corrected chi connectivity index (χ4v) is 2.74. The summed E-state index contributed by atoms with van der Waals surface area (Å²) in [7, 11) is 1.63. The number of carbonyl (C=O) groups excluding carboxylic acids is 1. The number of nitrogens with one attached hydrogen (secondary N) is 1. The van der Waals surface area contributed by atoms with Crippen molar-refractivity contribution >= 4 is 22.6 Å². The third kappa shape index (κ3) is 3.87. The van der Waals surface area contributed by atoms with E-state index in [2.05, 4.69) is 10.3 Å². The van der Waals surface area contributed by atoms with E-state index in [1.165, 1.54) is 11.3 Å². The summed E-state index contributed by atoms with van der Waals surface area (Å²) in [4.78, 5) is 17.0. The lowest BCUT2D eigenvalue weighted by Crippen LogP contribution is -2.16. The van der Waals surface area contributed by atoms with Crippen LogP contribution in [0.4, 0.5) is 9.93 Å². The van der Waals surface area contributed by atoms with Crippen LogP contribution in [0.15, 0.2) is 60.8 Å². The maximum absolute atomic E-state index is 11.8. The molecule has 2 aromatic carbocycles. The van der Waals surface area contributed by atoms with Crippen molar-refractivity contribution in [1.82, 2.24) is 4.98 Å². The largest absolute Gasteiger partial charge is 0.497 e. The summed E-state index contributed by atoms with van der Waals surface area (Å²) in [6.45, 7) is 0. The van der Waals surface area contributed by atoms with Gasteiger partial charge in [-0.3, -0.25) is 5.32 Å². The van der Waals surface area contributed by atoms with Crippen molar-refractivity contribution < 1.29 is 14.3 Å². The SMILES string of the molecule is COc1ccc(-c2cnc(NC(=O)Oc3ccccc3)s2)cc1. The normalized spacial score (nSPS) is 10.1. The molecule has 0 bridgehead atoms. The average molecular weight is 326 g/mol. The Morgan fingerprint density at radius 3 is 2.48 bits per heavy atom. The molecule has 23 heavy (non-hydrogen) atoms. The summed E-state index contributed by atoms with van der Waals surface area (Å²) in [5.41, 5.74) is 1.01. The maximum Gasteiger partial charge on any atom is 0.418 e. The van der Waals surface area contributed by atoms with Crippen molar-refractivity contribution in [2.45, 2.75) is 0 Å². The number of amides is 1. The van der Waals surface area contributed by atoms with E-state index in [0.717, 1.165) is 16.2 Å². The quantitative estimate of drug-likeness (QED) is 0.770. The van der Waals surface area contributed by atoms with Gasteiger partial charge in [0.25, 0.3) is 0 Å². The van der Waals surface area contributed by atoms with Crippen LogP contribution in [-0.2, 0) is 0 Å². The molecule has 0 atom stereocenters. The molecule has 1 aromatic heterocycles. The van der Waals surface area contributed by atoms with Gasteiger partial charge in [0.2, 0.25) is 0 Å². The fourth-order valence-electron chi connectivity index (χ4n) is 1.93.